The maximum absolute atomic E-state index is 13.6. The van der Waals surface area contributed by atoms with E-state index in [4.69, 9.17) is 23.4 Å². The molecule has 0 spiro atoms. The normalized spacial score (nSPS) is 19.1. The van der Waals surface area contributed by atoms with Crippen LogP contribution in [-0.4, -0.2) is 67.5 Å². The number of rotatable bonds is 8. The number of hydrogen-bond acceptors (Lipinski definition) is 8. The van der Waals surface area contributed by atoms with E-state index in [9.17, 15) is 10.1 Å². The molecule has 44 heavy (non-hydrogen) atoms. The fourth-order valence-corrected chi connectivity index (χ4v) is 5.95. The lowest BCUT2D eigenvalue weighted by Crippen LogP contribution is -2.51. The fourth-order valence-electron chi connectivity index (χ4n) is 5.95. The molecule has 2 aromatic heterocycles. The van der Waals surface area contributed by atoms with Crippen molar-refractivity contribution in [1.29, 1.82) is 5.26 Å². The van der Waals surface area contributed by atoms with Crippen LogP contribution in [0.15, 0.2) is 59.1 Å². The van der Waals surface area contributed by atoms with Crippen LogP contribution in [0.1, 0.15) is 55.5 Å². The Balaban J connectivity index is 1.29. The summed E-state index contributed by atoms with van der Waals surface area (Å²) in [5.41, 5.74) is 4.62. The Morgan fingerprint density at radius 1 is 1.09 bits per heavy atom. The molecule has 0 aliphatic carbocycles. The number of furan rings is 1. The van der Waals surface area contributed by atoms with Gasteiger partial charge in [0.05, 0.1) is 50.2 Å². The summed E-state index contributed by atoms with van der Waals surface area (Å²) in [6.45, 7) is 6.56. The van der Waals surface area contributed by atoms with Crippen molar-refractivity contribution < 1.29 is 28.2 Å². The number of fused-ring (bicyclic) bond motifs is 1. The van der Waals surface area contributed by atoms with Crippen molar-refractivity contribution in [3.8, 4) is 40.0 Å². The first-order chi connectivity index (χ1) is 21.5. The summed E-state index contributed by atoms with van der Waals surface area (Å²) in [6.07, 6.45) is 5.35. The SMILES string of the molecule is CCCC1CN(C(=O)c2ccc(-c3cc4nccc(-c5ccc(OC6CCOCC6)c(C#N)c5)c4o3)c(OC)c2)C(C)CO1. The van der Waals surface area contributed by atoms with E-state index < -0.39 is 0 Å². The van der Waals surface area contributed by atoms with Gasteiger partial charge in [0.2, 0.25) is 0 Å². The summed E-state index contributed by atoms with van der Waals surface area (Å²) < 4.78 is 29.6. The van der Waals surface area contributed by atoms with E-state index in [1.165, 1.54) is 0 Å². The van der Waals surface area contributed by atoms with E-state index >= 15 is 0 Å². The number of ether oxygens (including phenoxy) is 4. The first kappa shape index (κ1) is 29.7. The topological polar surface area (TPSA) is 107 Å². The maximum atomic E-state index is 13.6. The molecular formula is C35H37N3O6. The molecule has 2 atom stereocenters. The molecule has 0 saturated carbocycles. The quantitative estimate of drug-likeness (QED) is 0.223. The number of hydrogen-bond donors (Lipinski definition) is 0. The minimum atomic E-state index is -0.0437. The lowest BCUT2D eigenvalue weighted by Gasteiger charge is -2.38. The Hall–Kier alpha value is -4.39. The maximum Gasteiger partial charge on any atom is 0.254 e. The average molecular weight is 596 g/mol. The van der Waals surface area contributed by atoms with E-state index in [-0.39, 0.29) is 24.2 Å². The van der Waals surface area contributed by atoms with Gasteiger partial charge < -0.3 is 28.3 Å². The van der Waals surface area contributed by atoms with Gasteiger partial charge in [0.1, 0.15) is 34.9 Å². The predicted molar refractivity (Wildman–Crippen MR) is 166 cm³/mol. The second-order valence-electron chi connectivity index (χ2n) is 11.4. The standard InChI is InChI=1S/C35H37N3O6/c1-4-5-27-20-38(22(2)21-42-27)35(39)24-6-8-29(32(17-24)40-3)33-18-30-34(44-33)28(10-13-37-30)23-7-9-31(25(16-23)19-36)43-26-11-14-41-15-12-26/h6-10,13,16-18,22,26-27H,4-5,11-12,14-15,20-21H2,1-3H3. The van der Waals surface area contributed by atoms with Crippen LogP contribution < -0.4 is 9.47 Å². The van der Waals surface area contributed by atoms with E-state index in [2.05, 4.69) is 18.0 Å². The molecule has 4 aromatic rings. The highest BCUT2D eigenvalue weighted by Crippen LogP contribution is 2.39. The fraction of sp³-hybridized carbons (Fsp3) is 0.400. The molecular weight excluding hydrogens is 558 g/mol. The van der Waals surface area contributed by atoms with Crippen molar-refractivity contribution in [2.75, 3.05) is 33.5 Å². The molecule has 2 saturated heterocycles. The van der Waals surface area contributed by atoms with Crippen molar-refractivity contribution in [2.24, 2.45) is 0 Å². The van der Waals surface area contributed by atoms with Gasteiger partial charge in [-0.1, -0.05) is 19.4 Å². The Kier molecular flexibility index (Phi) is 8.82. The molecule has 2 unspecified atom stereocenters. The summed E-state index contributed by atoms with van der Waals surface area (Å²) in [5.74, 6) is 1.63. The van der Waals surface area contributed by atoms with E-state index in [1.807, 2.05) is 54.3 Å². The molecule has 1 amide bonds. The number of morpholine rings is 1. The van der Waals surface area contributed by atoms with E-state index in [0.29, 0.717) is 71.4 Å². The van der Waals surface area contributed by atoms with Crippen LogP contribution in [0.25, 0.3) is 33.6 Å². The molecule has 2 aliphatic heterocycles. The third kappa shape index (κ3) is 6.01. The minimum Gasteiger partial charge on any atom is -0.496 e. The number of nitrogens with zero attached hydrogens (tertiary/aromatic N) is 3. The van der Waals surface area contributed by atoms with Crippen molar-refractivity contribution in [2.45, 2.75) is 57.8 Å². The average Bonchev–Trinajstić information content (AvgIpc) is 3.50. The van der Waals surface area contributed by atoms with Gasteiger partial charge in [-0.2, -0.15) is 5.26 Å². The zero-order valence-electron chi connectivity index (χ0n) is 25.4. The van der Waals surface area contributed by atoms with Gasteiger partial charge >= 0.3 is 0 Å². The Morgan fingerprint density at radius 2 is 1.93 bits per heavy atom. The molecule has 0 bridgehead atoms. The van der Waals surface area contributed by atoms with Crippen LogP contribution in [0.3, 0.4) is 0 Å². The third-order valence-electron chi connectivity index (χ3n) is 8.38. The van der Waals surface area contributed by atoms with Crippen molar-refractivity contribution in [3.05, 3.63) is 65.9 Å². The van der Waals surface area contributed by atoms with E-state index in [0.717, 1.165) is 36.8 Å². The van der Waals surface area contributed by atoms with Crippen LogP contribution in [0.4, 0.5) is 0 Å². The van der Waals surface area contributed by atoms with Crippen molar-refractivity contribution >= 4 is 17.0 Å². The molecule has 4 heterocycles. The second-order valence-corrected chi connectivity index (χ2v) is 11.4. The molecule has 0 N–H and O–H groups in total. The highest BCUT2D eigenvalue weighted by Gasteiger charge is 2.30. The third-order valence-corrected chi connectivity index (χ3v) is 8.38. The smallest absolute Gasteiger partial charge is 0.254 e. The van der Waals surface area contributed by atoms with Gasteiger partial charge in [0.15, 0.2) is 5.58 Å². The Morgan fingerprint density at radius 3 is 2.70 bits per heavy atom. The van der Waals surface area contributed by atoms with Gasteiger partial charge in [0.25, 0.3) is 5.91 Å². The number of carbonyl (C=O) groups is 1. The monoisotopic (exact) mass is 595 g/mol. The number of pyridine rings is 1. The Labute approximate surface area is 257 Å². The van der Waals surface area contributed by atoms with Crippen LogP contribution in [0, 0.1) is 11.3 Å². The van der Waals surface area contributed by atoms with Gasteiger partial charge in [-0.15, -0.1) is 0 Å². The van der Waals surface area contributed by atoms with Crippen LogP contribution in [0.5, 0.6) is 11.5 Å². The van der Waals surface area contributed by atoms with Gasteiger partial charge in [-0.3, -0.25) is 9.78 Å². The lowest BCUT2D eigenvalue weighted by atomic mass is 10.0. The van der Waals surface area contributed by atoms with Gasteiger partial charge in [0, 0.05) is 42.8 Å². The van der Waals surface area contributed by atoms with Crippen LogP contribution >= 0.6 is 0 Å². The summed E-state index contributed by atoms with van der Waals surface area (Å²) in [6, 6.07) is 17.1. The molecule has 2 aromatic carbocycles. The first-order valence-corrected chi connectivity index (χ1v) is 15.3. The zero-order chi connectivity index (χ0) is 30.6. The second kappa shape index (κ2) is 13.1. The summed E-state index contributed by atoms with van der Waals surface area (Å²) in [4.78, 5) is 20.0. The molecule has 2 aliphatic rings. The lowest BCUT2D eigenvalue weighted by molar-refractivity contribution is -0.0501. The van der Waals surface area contributed by atoms with Gasteiger partial charge in [-0.25, -0.2) is 0 Å². The highest BCUT2D eigenvalue weighted by atomic mass is 16.5. The summed E-state index contributed by atoms with van der Waals surface area (Å²) in [7, 11) is 1.58. The molecule has 228 valence electrons. The summed E-state index contributed by atoms with van der Waals surface area (Å²) >= 11 is 0. The number of benzene rings is 2. The molecule has 9 nitrogen and oxygen atoms in total. The van der Waals surface area contributed by atoms with Crippen LogP contribution in [0.2, 0.25) is 0 Å². The number of aromatic nitrogens is 1. The number of nitriles is 1. The van der Waals surface area contributed by atoms with Crippen molar-refractivity contribution in [3.63, 3.8) is 0 Å². The largest absolute Gasteiger partial charge is 0.496 e. The van der Waals surface area contributed by atoms with Crippen LogP contribution in [-0.2, 0) is 9.47 Å². The summed E-state index contributed by atoms with van der Waals surface area (Å²) in [5, 5.41) is 9.90. The molecule has 9 heteroatoms. The number of carbonyl (C=O) groups excluding carboxylic acids is 1. The predicted octanol–water partition coefficient (Wildman–Crippen LogP) is 6.63. The molecule has 0 radical (unpaired) electrons. The van der Waals surface area contributed by atoms with Gasteiger partial charge in [-0.05, 0) is 55.3 Å². The van der Waals surface area contributed by atoms with Crippen molar-refractivity contribution in [1.82, 2.24) is 9.88 Å². The highest BCUT2D eigenvalue weighted by molar-refractivity contribution is 5.97. The Bertz CT molecular complexity index is 1690. The molecule has 6 rings (SSSR count). The number of amides is 1. The zero-order valence-corrected chi connectivity index (χ0v) is 25.4. The minimum absolute atomic E-state index is 0.00909. The van der Waals surface area contributed by atoms with E-state index in [1.54, 1.807) is 19.4 Å². The first-order valence-electron chi connectivity index (χ1n) is 15.3. The molecule has 2 fully saturated rings. The number of methoxy groups -OCH3 is 1.